The van der Waals surface area contributed by atoms with Crippen LogP contribution in [0.4, 0.5) is 0 Å². The lowest BCUT2D eigenvalue weighted by Crippen LogP contribution is -2.48. The van der Waals surface area contributed by atoms with Crippen molar-refractivity contribution in [1.82, 2.24) is 20.1 Å². The van der Waals surface area contributed by atoms with Crippen LogP contribution >= 0.6 is 0 Å². The van der Waals surface area contributed by atoms with Crippen molar-refractivity contribution in [3.63, 3.8) is 0 Å². The molecule has 0 bridgehead atoms. The molecule has 106 valence electrons. The van der Waals surface area contributed by atoms with E-state index in [1.807, 2.05) is 11.6 Å². The van der Waals surface area contributed by atoms with Crippen LogP contribution in [-0.2, 0) is 13.0 Å². The van der Waals surface area contributed by atoms with Crippen molar-refractivity contribution >= 4 is 0 Å². The summed E-state index contributed by atoms with van der Waals surface area (Å²) in [5.41, 5.74) is -0.475. The van der Waals surface area contributed by atoms with Gasteiger partial charge in [-0.05, 0) is 26.2 Å². The van der Waals surface area contributed by atoms with Crippen LogP contribution in [0.1, 0.15) is 50.2 Å². The van der Waals surface area contributed by atoms with E-state index in [-0.39, 0.29) is 0 Å². The van der Waals surface area contributed by atoms with Crippen molar-refractivity contribution in [2.24, 2.45) is 0 Å². The van der Waals surface area contributed by atoms with Crippen molar-refractivity contribution in [3.05, 3.63) is 11.6 Å². The molecule has 0 aromatic carbocycles. The minimum atomic E-state index is -0.475. The first kappa shape index (κ1) is 13.1. The number of aliphatic hydroxyl groups is 1. The molecule has 0 saturated heterocycles. The zero-order valence-electron chi connectivity index (χ0n) is 11.7. The Morgan fingerprint density at radius 2 is 2.16 bits per heavy atom. The maximum atomic E-state index is 10.5. The van der Waals surface area contributed by atoms with Gasteiger partial charge in [-0.2, -0.15) is 5.10 Å². The van der Waals surface area contributed by atoms with Gasteiger partial charge < -0.3 is 10.4 Å². The summed E-state index contributed by atoms with van der Waals surface area (Å²) in [7, 11) is 0. The predicted octanol–water partition coefficient (Wildman–Crippen LogP) is 1.19. The van der Waals surface area contributed by atoms with E-state index in [2.05, 4.69) is 15.4 Å². The average Bonchev–Trinajstić information content (AvgIpc) is 2.76. The summed E-state index contributed by atoms with van der Waals surface area (Å²) in [6, 6.07) is 0.416. The number of nitrogens with zero attached hydrogens (tertiary/aromatic N) is 3. The Hall–Kier alpha value is -0.940. The maximum Gasteiger partial charge on any atom is 0.147 e. The molecule has 0 radical (unpaired) electrons. The standard InChI is InChI=1S/C14H24N4O/c1-11-16-13-6-5-12(9-18(13)17-11)15-10-14(19)7-3-2-4-8-14/h12,15,19H,2-10H2,1H3/t12-/m0/s1. The molecule has 2 heterocycles. The van der Waals surface area contributed by atoms with Crippen LogP contribution in [-0.4, -0.2) is 38.1 Å². The fourth-order valence-electron chi connectivity index (χ4n) is 3.32. The van der Waals surface area contributed by atoms with E-state index in [1.165, 1.54) is 6.42 Å². The Morgan fingerprint density at radius 1 is 1.37 bits per heavy atom. The minimum absolute atomic E-state index is 0.416. The molecule has 1 aromatic heterocycles. The molecular formula is C14H24N4O. The molecule has 19 heavy (non-hydrogen) atoms. The second kappa shape index (κ2) is 5.21. The molecule has 1 saturated carbocycles. The molecule has 3 rings (SSSR count). The summed E-state index contributed by atoms with van der Waals surface area (Å²) in [6.45, 7) is 3.55. The number of fused-ring (bicyclic) bond motifs is 1. The second-order valence-corrected chi connectivity index (χ2v) is 6.16. The van der Waals surface area contributed by atoms with Crippen molar-refractivity contribution < 1.29 is 5.11 Å². The summed E-state index contributed by atoms with van der Waals surface area (Å²) in [6.07, 6.45) is 7.56. The van der Waals surface area contributed by atoms with E-state index in [4.69, 9.17) is 0 Å². The third-order valence-electron chi connectivity index (χ3n) is 4.47. The van der Waals surface area contributed by atoms with E-state index in [9.17, 15) is 5.11 Å². The van der Waals surface area contributed by atoms with Crippen molar-refractivity contribution in [1.29, 1.82) is 0 Å². The first-order valence-corrected chi connectivity index (χ1v) is 7.51. The maximum absolute atomic E-state index is 10.5. The largest absolute Gasteiger partial charge is 0.389 e. The highest BCUT2D eigenvalue weighted by Crippen LogP contribution is 2.27. The van der Waals surface area contributed by atoms with Crippen molar-refractivity contribution in [3.8, 4) is 0 Å². The lowest BCUT2D eigenvalue weighted by molar-refractivity contribution is 0.00155. The molecule has 5 nitrogen and oxygen atoms in total. The molecule has 2 N–H and O–H groups in total. The summed E-state index contributed by atoms with van der Waals surface area (Å²) >= 11 is 0. The Balaban J connectivity index is 1.54. The predicted molar refractivity (Wildman–Crippen MR) is 72.9 cm³/mol. The highest BCUT2D eigenvalue weighted by atomic mass is 16.3. The van der Waals surface area contributed by atoms with Crippen LogP contribution in [0.3, 0.4) is 0 Å². The SMILES string of the molecule is Cc1nc2n(n1)C[C@@H](NCC1(O)CCCCC1)CC2. The molecule has 0 unspecified atom stereocenters. The van der Waals surface area contributed by atoms with Crippen LogP contribution < -0.4 is 5.32 Å². The van der Waals surface area contributed by atoms with Gasteiger partial charge in [0.2, 0.25) is 0 Å². The van der Waals surface area contributed by atoms with E-state index < -0.39 is 5.60 Å². The molecule has 1 aromatic rings. The summed E-state index contributed by atoms with van der Waals surface area (Å²) in [4.78, 5) is 4.42. The fraction of sp³-hybridized carbons (Fsp3) is 0.857. The lowest BCUT2D eigenvalue weighted by atomic mass is 9.84. The molecule has 0 amide bonds. The van der Waals surface area contributed by atoms with Gasteiger partial charge in [-0.3, -0.25) is 0 Å². The normalized spacial score (nSPS) is 26.1. The van der Waals surface area contributed by atoms with Gasteiger partial charge in [0.25, 0.3) is 0 Å². The molecule has 1 aliphatic heterocycles. The van der Waals surface area contributed by atoms with Gasteiger partial charge in [0.15, 0.2) is 0 Å². The number of hydrogen-bond acceptors (Lipinski definition) is 4. The highest BCUT2D eigenvalue weighted by molar-refractivity contribution is 4.97. The van der Waals surface area contributed by atoms with Gasteiger partial charge >= 0.3 is 0 Å². The third-order valence-corrected chi connectivity index (χ3v) is 4.47. The van der Waals surface area contributed by atoms with Gasteiger partial charge in [0.1, 0.15) is 11.6 Å². The molecule has 1 aliphatic carbocycles. The first-order valence-electron chi connectivity index (χ1n) is 7.51. The van der Waals surface area contributed by atoms with E-state index in [1.54, 1.807) is 0 Å². The number of nitrogens with one attached hydrogen (secondary N) is 1. The molecule has 2 aliphatic rings. The summed E-state index contributed by atoms with van der Waals surface area (Å²) in [5.74, 6) is 1.97. The van der Waals surface area contributed by atoms with Gasteiger partial charge in [-0.25, -0.2) is 9.67 Å². The van der Waals surface area contributed by atoms with E-state index in [0.29, 0.717) is 6.04 Å². The second-order valence-electron chi connectivity index (χ2n) is 6.16. The van der Waals surface area contributed by atoms with Crippen molar-refractivity contribution in [2.45, 2.75) is 70.1 Å². The molecule has 0 spiro atoms. The molecule has 1 atom stereocenters. The van der Waals surface area contributed by atoms with E-state index >= 15 is 0 Å². The van der Waals surface area contributed by atoms with Crippen LogP contribution in [0.25, 0.3) is 0 Å². The summed E-state index contributed by atoms with van der Waals surface area (Å²) in [5, 5.41) is 18.5. The Kier molecular flexibility index (Phi) is 3.58. The Bertz CT molecular complexity index is 437. The lowest BCUT2D eigenvalue weighted by Gasteiger charge is -2.34. The average molecular weight is 264 g/mol. The van der Waals surface area contributed by atoms with Crippen LogP contribution in [0.5, 0.6) is 0 Å². The van der Waals surface area contributed by atoms with Crippen molar-refractivity contribution in [2.75, 3.05) is 6.54 Å². The quantitative estimate of drug-likeness (QED) is 0.860. The van der Waals surface area contributed by atoms with Crippen LogP contribution in [0, 0.1) is 6.92 Å². The first-order chi connectivity index (χ1) is 9.15. The van der Waals surface area contributed by atoms with Gasteiger partial charge in [0, 0.05) is 19.0 Å². The molecular weight excluding hydrogens is 240 g/mol. The summed E-state index contributed by atoms with van der Waals surface area (Å²) < 4.78 is 2.02. The van der Waals surface area contributed by atoms with E-state index in [0.717, 1.165) is 63.3 Å². The number of hydrogen-bond donors (Lipinski definition) is 2. The number of rotatable bonds is 3. The number of aromatic nitrogens is 3. The Labute approximate surface area is 114 Å². The smallest absolute Gasteiger partial charge is 0.147 e. The molecule has 5 heteroatoms. The van der Waals surface area contributed by atoms with Gasteiger partial charge in [-0.15, -0.1) is 0 Å². The Morgan fingerprint density at radius 3 is 2.95 bits per heavy atom. The number of aryl methyl sites for hydroxylation is 2. The fourth-order valence-corrected chi connectivity index (χ4v) is 3.32. The van der Waals surface area contributed by atoms with Crippen LogP contribution in [0.2, 0.25) is 0 Å². The topological polar surface area (TPSA) is 63.0 Å². The van der Waals surface area contributed by atoms with Gasteiger partial charge in [-0.1, -0.05) is 19.3 Å². The van der Waals surface area contributed by atoms with Crippen LogP contribution in [0.15, 0.2) is 0 Å². The zero-order valence-corrected chi connectivity index (χ0v) is 11.7. The highest BCUT2D eigenvalue weighted by Gasteiger charge is 2.30. The minimum Gasteiger partial charge on any atom is -0.389 e. The van der Waals surface area contributed by atoms with Gasteiger partial charge in [0.05, 0.1) is 12.1 Å². The third kappa shape index (κ3) is 2.98. The zero-order chi connectivity index (χ0) is 13.3. The molecule has 1 fully saturated rings. The monoisotopic (exact) mass is 264 g/mol.